The Morgan fingerprint density at radius 3 is 2.70 bits per heavy atom. The molecular formula is C18H23N3O2. The Bertz CT molecular complexity index is 673. The Morgan fingerprint density at radius 1 is 1.26 bits per heavy atom. The van der Waals surface area contributed by atoms with E-state index in [1.807, 2.05) is 49.7 Å². The van der Waals surface area contributed by atoms with Gasteiger partial charge >= 0.3 is 5.97 Å². The maximum absolute atomic E-state index is 12.6. The first-order valence-corrected chi connectivity index (χ1v) is 7.94. The van der Waals surface area contributed by atoms with E-state index in [0.717, 1.165) is 12.2 Å². The first-order valence-electron chi connectivity index (χ1n) is 7.94. The summed E-state index contributed by atoms with van der Waals surface area (Å²) in [6, 6.07) is 11.9. The van der Waals surface area contributed by atoms with Crippen LogP contribution in [0.1, 0.15) is 32.0 Å². The van der Waals surface area contributed by atoms with Gasteiger partial charge in [0.1, 0.15) is 11.6 Å². The molecule has 0 fully saturated rings. The van der Waals surface area contributed by atoms with Gasteiger partial charge in [-0.3, -0.25) is 14.4 Å². The lowest BCUT2D eigenvalue weighted by atomic mass is 10.1. The molecule has 0 spiro atoms. The smallest absolute Gasteiger partial charge is 0.325 e. The molecule has 1 aromatic heterocycles. The predicted octanol–water partition coefficient (Wildman–Crippen LogP) is 2.61. The topological polar surface area (TPSA) is 47.4 Å². The molecule has 1 atom stereocenters. The van der Waals surface area contributed by atoms with Crippen molar-refractivity contribution in [2.45, 2.75) is 52.0 Å². The van der Waals surface area contributed by atoms with Crippen molar-refractivity contribution in [2.75, 3.05) is 0 Å². The third-order valence-corrected chi connectivity index (χ3v) is 3.86. The van der Waals surface area contributed by atoms with Crippen LogP contribution in [0.25, 0.3) is 0 Å². The first kappa shape index (κ1) is 15.7. The molecule has 23 heavy (non-hydrogen) atoms. The summed E-state index contributed by atoms with van der Waals surface area (Å²) in [5.41, 5.74) is 1.83. The van der Waals surface area contributed by atoms with E-state index in [1.165, 1.54) is 5.56 Å². The minimum Gasteiger partial charge on any atom is -0.459 e. The molecule has 0 bridgehead atoms. The molecule has 5 heteroatoms. The lowest BCUT2D eigenvalue weighted by Crippen LogP contribution is -2.49. The largest absolute Gasteiger partial charge is 0.459 e. The van der Waals surface area contributed by atoms with Crippen LogP contribution in [0.15, 0.2) is 42.6 Å². The van der Waals surface area contributed by atoms with Gasteiger partial charge in [0.2, 0.25) is 0 Å². The lowest BCUT2D eigenvalue weighted by molar-refractivity contribution is -0.163. The van der Waals surface area contributed by atoms with Crippen LogP contribution in [-0.4, -0.2) is 32.3 Å². The average molecular weight is 313 g/mol. The number of benzene rings is 1. The summed E-state index contributed by atoms with van der Waals surface area (Å²) < 4.78 is 7.51. The lowest BCUT2D eigenvalue weighted by Gasteiger charge is -2.36. The van der Waals surface area contributed by atoms with Crippen LogP contribution < -0.4 is 0 Å². The Balaban J connectivity index is 1.82. The van der Waals surface area contributed by atoms with E-state index >= 15 is 0 Å². The van der Waals surface area contributed by atoms with E-state index in [1.54, 1.807) is 6.20 Å². The van der Waals surface area contributed by atoms with Gasteiger partial charge in [0.15, 0.2) is 0 Å². The van der Waals surface area contributed by atoms with Gasteiger partial charge in [-0.25, -0.2) is 0 Å². The van der Waals surface area contributed by atoms with E-state index in [4.69, 9.17) is 4.74 Å². The molecule has 1 aliphatic heterocycles. The molecule has 0 radical (unpaired) electrons. The number of aromatic nitrogens is 2. The summed E-state index contributed by atoms with van der Waals surface area (Å²) >= 11 is 0. The van der Waals surface area contributed by atoms with Crippen LogP contribution in [0.4, 0.5) is 0 Å². The number of ether oxygens (including phenoxy) is 1. The normalized spacial score (nSPS) is 18.5. The van der Waals surface area contributed by atoms with Gasteiger partial charge in [-0.2, -0.15) is 5.10 Å². The second kappa shape index (κ2) is 6.16. The number of hydrogen-bond donors (Lipinski definition) is 0. The third kappa shape index (κ3) is 3.79. The Kier molecular flexibility index (Phi) is 4.22. The van der Waals surface area contributed by atoms with Crippen LogP contribution >= 0.6 is 0 Å². The van der Waals surface area contributed by atoms with Crippen molar-refractivity contribution in [1.29, 1.82) is 0 Å². The van der Waals surface area contributed by atoms with Crippen LogP contribution in [0.2, 0.25) is 0 Å². The van der Waals surface area contributed by atoms with Crippen LogP contribution in [0, 0.1) is 0 Å². The Hall–Kier alpha value is -2.14. The standard InChI is InChI=1S/C18H23N3O2/c1-18(2,3)23-17(22)16-13-21-15(9-10-19-21)12-20(16)11-14-7-5-4-6-8-14/h4-10,16H,11-13H2,1-3H3/t16-/m1/s1. The van der Waals surface area contributed by atoms with Crippen molar-refractivity contribution in [3.63, 3.8) is 0 Å². The van der Waals surface area contributed by atoms with Gasteiger partial charge in [-0.05, 0) is 32.4 Å². The van der Waals surface area contributed by atoms with Crippen molar-refractivity contribution in [1.82, 2.24) is 14.7 Å². The maximum Gasteiger partial charge on any atom is 0.325 e. The summed E-state index contributed by atoms with van der Waals surface area (Å²) in [6.45, 7) is 7.64. The van der Waals surface area contributed by atoms with Crippen molar-refractivity contribution in [2.24, 2.45) is 0 Å². The molecule has 122 valence electrons. The summed E-state index contributed by atoms with van der Waals surface area (Å²) in [7, 11) is 0. The number of hydrogen-bond acceptors (Lipinski definition) is 4. The zero-order chi connectivity index (χ0) is 16.4. The number of esters is 1. The molecule has 0 aliphatic carbocycles. The Morgan fingerprint density at radius 2 is 2.00 bits per heavy atom. The highest BCUT2D eigenvalue weighted by Gasteiger charge is 2.35. The van der Waals surface area contributed by atoms with Gasteiger partial charge in [-0.15, -0.1) is 0 Å². The molecule has 0 amide bonds. The van der Waals surface area contributed by atoms with Crippen molar-refractivity contribution in [3.8, 4) is 0 Å². The van der Waals surface area contributed by atoms with Gasteiger partial charge in [0.25, 0.3) is 0 Å². The van der Waals surface area contributed by atoms with Crippen molar-refractivity contribution >= 4 is 5.97 Å². The van der Waals surface area contributed by atoms with Gasteiger partial charge in [0.05, 0.1) is 12.2 Å². The number of carbonyl (C=O) groups excluding carboxylic acids is 1. The maximum atomic E-state index is 12.6. The molecule has 3 rings (SSSR count). The number of rotatable bonds is 3. The summed E-state index contributed by atoms with van der Waals surface area (Å²) in [5.74, 6) is -0.186. The van der Waals surface area contributed by atoms with Gasteiger partial charge < -0.3 is 4.74 Å². The fourth-order valence-electron chi connectivity index (χ4n) is 2.83. The molecule has 0 saturated carbocycles. The molecule has 2 heterocycles. The summed E-state index contributed by atoms with van der Waals surface area (Å²) in [4.78, 5) is 14.8. The fraction of sp³-hybridized carbons (Fsp3) is 0.444. The first-order chi connectivity index (χ1) is 10.9. The van der Waals surface area contributed by atoms with Crippen molar-refractivity contribution < 1.29 is 9.53 Å². The van der Waals surface area contributed by atoms with Gasteiger partial charge in [0, 0.05) is 19.3 Å². The van der Waals surface area contributed by atoms with Gasteiger partial charge in [-0.1, -0.05) is 30.3 Å². The zero-order valence-electron chi connectivity index (χ0n) is 13.9. The monoisotopic (exact) mass is 313 g/mol. The predicted molar refractivity (Wildman–Crippen MR) is 87.5 cm³/mol. The molecule has 1 aromatic carbocycles. The highest BCUT2D eigenvalue weighted by molar-refractivity contribution is 5.76. The molecular weight excluding hydrogens is 290 g/mol. The molecule has 0 N–H and O–H groups in total. The number of fused-ring (bicyclic) bond motifs is 1. The molecule has 0 unspecified atom stereocenters. The number of carbonyl (C=O) groups is 1. The SMILES string of the molecule is CC(C)(C)OC(=O)[C@H]1Cn2nccc2CN1Cc1ccccc1. The summed E-state index contributed by atoms with van der Waals surface area (Å²) in [6.07, 6.45) is 1.79. The Labute approximate surface area is 136 Å². The third-order valence-electron chi connectivity index (χ3n) is 3.86. The van der Waals surface area contributed by atoms with E-state index in [-0.39, 0.29) is 12.0 Å². The van der Waals surface area contributed by atoms with E-state index in [9.17, 15) is 4.79 Å². The molecule has 2 aromatic rings. The van der Waals surface area contributed by atoms with E-state index in [2.05, 4.69) is 22.1 Å². The molecule has 1 aliphatic rings. The van der Waals surface area contributed by atoms with Crippen LogP contribution in [-0.2, 0) is 29.2 Å². The second-order valence-corrected chi connectivity index (χ2v) is 6.94. The van der Waals surface area contributed by atoms with Crippen LogP contribution in [0.5, 0.6) is 0 Å². The van der Waals surface area contributed by atoms with E-state index in [0.29, 0.717) is 13.1 Å². The highest BCUT2D eigenvalue weighted by Crippen LogP contribution is 2.22. The van der Waals surface area contributed by atoms with Crippen molar-refractivity contribution in [3.05, 3.63) is 53.9 Å². The summed E-state index contributed by atoms with van der Waals surface area (Å²) in [5, 5.41) is 4.31. The average Bonchev–Trinajstić information content (AvgIpc) is 2.93. The molecule has 0 saturated heterocycles. The molecule has 5 nitrogen and oxygen atoms in total. The highest BCUT2D eigenvalue weighted by atomic mass is 16.6. The minimum absolute atomic E-state index is 0.186. The fourth-order valence-corrected chi connectivity index (χ4v) is 2.83. The van der Waals surface area contributed by atoms with Crippen LogP contribution in [0.3, 0.4) is 0 Å². The quantitative estimate of drug-likeness (QED) is 0.817. The second-order valence-electron chi connectivity index (χ2n) is 6.94. The minimum atomic E-state index is -0.486. The zero-order valence-corrected chi connectivity index (χ0v) is 13.9. The number of nitrogens with zero attached hydrogens (tertiary/aromatic N) is 3. The van der Waals surface area contributed by atoms with E-state index < -0.39 is 5.60 Å².